The molecule has 0 amide bonds. The molecule has 1 aliphatic carbocycles. The summed E-state index contributed by atoms with van der Waals surface area (Å²) in [5.74, 6) is 1.93. The molecule has 0 atom stereocenters. The van der Waals surface area contributed by atoms with Crippen LogP contribution in [0.15, 0.2) is 41.8 Å². The average molecular weight is 275 g/mol. The van der Waals surface area contributed by atoms with Crippen molar-refractivity contribution in [3.63, 3.8) is 0 Å². The van der Waals surface area contributed by atoms with Gasteiger partial charge >= 0.3 is 0 Å². The summed E-state index contributed by atoms with van der Waals surface area (Å²) in [6.45, 7) is 4.89. The summed E-state index contributed by atoms with van der Waals surface area (Å²) in [4.78, 5) is 1.34. The van der Waals surface area contributed by atoms with E-state index in [1.54, 1.807) is 0 Å². The molecule has 1 N–H and O–H groups in total. The molecule has 0 unspecified atom stereocenters. The van der Waals surface area contributed by atoms with Gasteiger partial charge in [-0.25, -0.2) is 0 Å². The van der Waals surface area contributed by atoms with Crippen molar-refractivity contribution in [2.75, 3.05) is 17.6 Å². The number of anilines is 1. The van der Waals surface area contributed by atoms with E-state index in [4.69, 9.17) is 0 Å². The van der Waals surface area contributed by atoms with E-state index in [0.29, 0.717) is 0 Å². The lowest BCUT2D eigenvalue weighted by atomic mass is 9.87. The second kappa shape index (κ2) is 8.31. The topological polar surface area (TPSA) is 12.0 Å². The predicted molar refractivity (Wildman–Crippen MR) is 87.0 cm³/mol. The fourth-order valence-corrected chi connectivity index (χ4v) is 3.54. The average Bonchev–Trinajstić information content (AvgIpc) is 2.47. The van der Waals surface area contributed by atoms with Gasteiger partial charge in [0.25, 0.3) is 0 Å². The summed E-state index contributed by atoms with van der Waals surface area (Å²) >= 11 is 1.85. The van der Waals surface area contributed by atoms with E-state index in [0.717, 1.165) is 18.2 Å². The van der Waals surface area contributed by atoms with Gasteiger partial charge in [0.15, 0.2) is 0 Å². The third kappa shape index (κ3) is 4.94. The molecule has 104 valence electrons. The Kier molecular flexibility index (Phi) is 6.35. The minimum absolute atomic E-state index is 0.953. The molecule has 0 saturated heterocycles. The lowest BCUT2D eigenvalue weighted by Crippen LogP contribution is -2.12. The maximum absolute atomic E-state index is 3.79. The van der Waals surface area contributed by atoms with Crippen LogP contribution in [-0.4, -0.2) is 12.3 Å². The Hall–Kier alpha value is -0.890. The monoisotopic (exact) mass is 275 g/mol. The number of hydrogen-bond donors (Lipinski definition) is 1. The molecule has 0 aliphatic heterocycles. The Morgan fingerprint density at radius 1 is 1.21 bits per heavy atom. The number of benzene rings is 1. The molecule has 1 aliphatic rings. The van der Waals surface area contributed by atoms with E-state index in [2.05, 4.69) is 36.2 Å². The Morgan fingerprint density at radius 2 is 2.00 bits per heavy atom. The van der Waals surface area contributed by atoms with Crippen LogP contribution < -0.4 is 5.32 Å². The molecule has 0 heterocycles. The summed E-state index contributed by atoms with van der Waals surface area (Å²) in [6.07, 6.45) is 10.5. The SMILES string of the molecule is C=CCSc1ccccc1NCCC1CCCCC1. The van der Waals surface area contributed by atoms with Gasteiger partial charge < -0.3 is 5.32 Å². The van der Waals surface area contributed by atoms with Crippen molar-refractivity contribution in [3.05, 3.63) is 36.9 Å². The Morgan fingerprint density at radius 3 is 2.79 bits per heavy atom. The predicted octanol–water partition coefficient (Wildman–Crippen LogP) is 5.35. The van der Waals surface area contributed by atoms with Crippen LogP contribution in [-0.2, 0) is 0 Å². The Labute approximate surface area is 121 Å². The number of nitrogens with one attached hydrogen (secondary N) is 1. The Bertz CT molecular complexity index is 383. The molecule has 0 radical (unpaired) electrons. The molecule has 19 heavy (non-hydrogen) atoms. The zero-order chi connectivity index (χ0) is 13.3. The van der Waals surface area contributed by atoms with Gasteiger partial charge in [0.1, 0.15) is 0 Å². The van der Waals surface area contributed by atoms with E-state index < -0.39 is 0 Å². The van der Waals surface area contributed by atoms with Gasteiger partial charge in [0, 0.05) is 22.9 Å². The van der Waals surface area contributed by atoms with Crippen LogP contribution in [0.4, 0.5) is 5.69 Å². The summed E-state index contributed by atoms with van der Waals surface area (Å²) < 4.78 is 0. The lowest BCUT2D eigenvalue weighted by Gasteiger charge is -2.22. The van der Waals surface area contributed by atoms with Crippen molar-refractivity contribution in [2.24, 2.45) is 5.92 Å². The third-order valence-corrected chi connectivity index (χ3v) is 4.91. The van der Waals surface area contributed by atoms with Crippen LogP contribution in [0, 0.1) is 5.92 Å². The number of thioether (sulfide) groups is 1. The molecule has 1 fully saturated rings. The van der Waals surface area contributed by atoms with Gasteiger partial charge in [-0.3, -0.25) is 0 Å². The van der Waals surface area contributed by atoms with Crippen LogP contribution in [0.1, 0.15) is 38.5 Å². The first kappa shape index (κ1) is 14.5. The van der Waals surface area contributed by atoms with Crippen molar-refractivity contribution >= 4 is 17.4 Å². The number of rotatable bonds is 7. The lowest BCUT2D eigenvalue weighted by molar-refractivity contribution is 0.345. The Balaban J connectivity index is 1.79. The van der Waals surface area contributed by atoms with Crippen molar-refractivity contribution in [1.82, 2.24) is 0 Å². The van der Waals surface area contributed by atoms with Crippen molar-refractivity contribution in [2.45, 2.75) is 43.4 Å². The van der Waals surface area contributed by atoms with E-state index in [9.17, 15) is 0 Å². The highest BCUT2D eigenvalue weighted by molar-refractivity contribution is 7.99. The molecule has 1 saturated carbocycles. The number of para-hydroxylation sites is 1. The fraction of sp³-hybridized carbons (Fsp3) is 0.529. The van der Waals surface area contributed by atoms with Crippen molar-refractivity contribution in [3.8, 4) is 0 Å². The zero-order valence-corrected chi connectivity index (χ0v) is 12.6. The standard InChI is InChI=1S/C17H25NS/c1-2-14-19-17-11-7-6-10-16(17)18-13-12-15-8-4-3-5-9-15/h2,6-7,10-11,15,18H,1,3-5,8-9,12-14H2. The van der Waals surface area contributed by atoms with Crippen LogP contribution in [0.5, 0.6) is 0 Å². The van der Waals surface area contributed by atoms with Gasteiger partial charge in [-0.2, -0.15) is 0 Å². The maximum atomic E-state index is 3.79. The fourth-order valence-electron chi connectivity index (χ4n) is 2.77. The minimum atomic E-state index is 0.953. The normalized spacial score (nSPS) is 16.2. The van der Waals surface area contributed by atoms with Crippen molar-refractivity contribution in [1.29, 1.82) is 0 Å². The zero-order valence-electron chi connectivity index (χ0n) is 11.7. The smallest absolute Gasteiger partial charge is 0.0478 e. The second-order valence-electron chi connectivity index (χ2n) is 5.32. The first-order valence-corrected chi connectivity index (χ1v) is 8.45. The van der Waals surface area contributed by atoms with Crippen LogP contribution >= 0.6 is 11.8 Å². The second-order valence-corrected chi connectivity index (χ2v) is 6.38. The number of hydrogen-bond acceptors (Lipinski definition) is 2. The minimum Gasteiger partial charge on any atom is -0.384 e. The highest BCUT2D eigenvalue weighted by Crippen LogP contribution is 2.29. The van der Waals surface area contributed by atoms with Crippen molar-refractivity contribution < 1.29 is 0 Å². The molecule has 1 aromatic carbocycles. The van der Waals surface area contributed by atoms with E-state index in [-0.39, 0.29) is 0 Å². The van der Waals surface area contributed by atoms with Gasteiger partial charge in [-0.1, -0.05) is 50.3 Å². The van der Waals surface area contributed by atoms with Gasteiger partial charge in [0.2, 0.25) is 0 Å². The van der Waals surface area contributed by atoms with Gasteiger partial charge in [-0.15, -0.1) is 18.3 Å². The highest BCUT2D eigenvalue weighted by atomic mass is 32.2. The molecule has 0 bridgehead atoms. The van der Waals surface area contributed by atoms with Gasteiger partial charge in [0.05, 0.1) is 0 Å². The third-order valence-electron chi connectivity index (χ3n) is 3.84. The maximum Gasteiger partial charge on any atom is 0.0478 e. The van der Waals surface area contributed by atoms with E-state index in [1.807, 2.05) is 17.8 Å². The molecule has 1 aromatic rings. The van der Waals surface area contributed by atoms with Crippen LogP contribution in [0.2, 0.25) is 0 Å². The molecule has 0 aromatic heterocycles. The molecule has 2 rings (SSSR count). The van der Waals surface area contributed by atoms with E-state index in [1.165, 1.54) is 49.1 Å². The summed E-state index contributed by atoms with van der Waals surface area (Å²) in [6, 6.07) is 8.60. The first-order chi connectivity index (χ1) is 9.40. The summed E-state index contributed by atoms with van der Waals surface area (Å²) in [7, 11) is 0. The molecular weight excluding hydrogens is 250 g/mol. The molecule has 1 nitrogen and oxygen atoms in total. The quantitative estimate of drug-likeness (QED) is 0.532. The molecular formula is C17H25NS. The molecule has 0 spiro atoms. The largest absolute Gasteiger partial charge is 0.384 e. The molecule has 2 heteroatoms. The van der Waals surface area contributed by atoms with Crippen LogP contribution in [0.3, 0.4) is 0 Å². The first-order valence-electron chi connectivity index (χ1n) is 7.46. The highest BCUT2D eigenvalue weighted by Gasteiger charge is 2.12. The summed E-state index contributed by atoms with van der Waals surface area (Å²) in [5.41, 5.74) is 1.28. The van der Waals surface area contributed by atoms with E-state index >= 15 is 0 Å². The van der Waals surface area contributed by atoms with Crippen LogP contribution in [0.25, 0.3) is 0 Å². The van der Waals surface area contributed by atoms with Gasteiger partial charge in [-0.05, 0) is 24.5 Å². The summed E-state index contributed by atoms with van der Waals surface area (Å²) in [5, 5.41) is 3.61.